The van der Waals surface area contributed by atoms with Crippen LogP contribution in [-0.2, 0) is 11.3 Å². The highest BCUT2D eigenvalue weighted by atomic mass is 16.5. The van der Waals surface area contributed by atoms with E-state index in [2.05, 4.69) is 43.2 Å². The quantitative estimate of drug-likeness (QED) is 0.636. The molecule has 1 N–H and O–H groups in total. The third-order valence-electron chi connectivity index (χ3n) is 3.23. The average molecular weight is 294 g/mol. The normalized spacial score (nSPS) is 11.3. The predicted molar refractivity (Wildman–Crippen MR) is 87.9 cm³/mol. The number of benzene rings is 1. The van der Waals surface area contributed by atoms with E-state index in [1.165, 1.54) is 5.56 Å². The van der Waals surface area contributed by atoms with E-state index >= 15 is 0 Å². The van der Waals surface area contributed by atoms with Gasteiger partial charge in [-0.15, -0.1) is 0 Å². The van der Waals surface area contributed by atoms with Gasteiger partial charge in [-0.3, -0.25) is 0 Å². The summed E-state index contributed by atoms with van der Waals surface area (Å²) in [5.74, 6) is 0.909. The molecule has 0 spiro atoms. The molecule has 0 aliphatic rings. The number of likely N-dealkylation sites (N-methyl/N-ethyl adjacent to an activating group) is 1. The molecule has 4 heteroatoms. The number of hydrogen-bond donors (Lipinski definition) is 1. The Hall–Kier alpha value is -1.10. The number of rotatable bonds is 11. The molecule has 0 bridgehead atoms. The maximum Gasteiger partial charge on any atom is 0.118 e. The van der Waals surface area contributed by atoms with E-state index < -0.39 is 0 Å². The summed E-state index contributed by atoms with van der Waals surface area (Å²) in [7, 11) is 3.84. The van der Waals surface area contributed by atoms with E-state index in [9.17, 15) is 0 Å². The van der Waals surface area contributed by atoms with Crippen LogP contribution in [0.15, 0.2) is 24.3 Å². The molecule has 0 aliphatic heterocycles. The monoisotopic (exact) mass is 294 g/mol. The first kappa shape index (κ1) is 18.0. The van der Waals surface area contributed by atoms with Crippen LogP contribution >= 0.6 is 0 Å². The van der Waals surface area contributed by atoms with Crippen molar-refractivity contribution in [1.82, 2.24) is 10.2 Å². The van der Waals surface area contributed by atoms with Crippen LogP contribution in [0, 0.1) is 0 Å². The van der Waals surface area contributed by atoms with Gasteiger partial charge in [0.1, 0.15) is 5.75 Å². The SMILES string of the molecule is COc1ccc(CN(C)CCNCCCOC(C)C)cc1. The van der Waals surface area contributed by atoms with Gasteiger partial charge in [0, 0.05) is 26.2 Å². The Labute approximate surface area is 129 Å². The largest absolute Gasteiger partial charge is 0.497 e. The minimum atomic E-state index is 0.334. The van der Waals surface area contributed by atoms with Crippen molar-refractivity contribution in [2.45, 2.75) is 32.9 Å². The number of hydrogen-bond acceptors (Lipinski definition) is 4. The Morgan fingerprint density at radius 3 is 2.48 bits per heavy atom. The van der Waals surface area contributed by atoms with E-state index in [0.29, 0.717) is 6.10 Å². The molecule has 120 valence electrons. The summed E-state index contributed by atoms with van der Waals surface area (Å²) in [4.78, 5) is 2.32. The third-order valence-corrected chi connectivity index (χ3v) is 3.23. The molecule has 0 heterocycles. The second kappa shape index (κ2) is 10.6. The summed E-state index contributed by atoms with van der Waals surface area (Å²) in [6.07, 6.45) is 1.40. The number of nitrogens with one attached hydrogen (secondary N) is 1. The number of methoxy groups -OCH3 is 1. The Bertz CT molecular complexity index is 366. The molecule has 0 radical (unpaired) electrons. The molecular formula is C17H30N2O2. The molecule has 1 aromatic carbocycles. The molecule has 0 fully saturated rings. The highest BCUT2D eigenvalue weighted by Gasteiger charge is 2.01. The van der Waals surface area contributed by atoms with Gasteiger partial charge in [-0.25, -0.2) is 0 Å². The zero-order chi connectivity index (χ0) is 15.5. The van der Waals surface area contributed by atoms with Gasteiger partial charge >= 0.3 is 0 Å². The summed E-state index contributed by atoms with van der Waals surface area (Å²) in [5.41, 5.74) is 1.31. The summed E-state index contributed by atoms with van der Waals surface area (Å²) >= 11 is 0. The molecule has 0 unspecified atom stereocenters. The first-order valence-electron chi connectivity index (χ1n) is 7.75. The lowest BCUT2D eigenvalue weighted by Crippen LogP contribution is -2.29. The van der Waals surface area contributed by atoms with Crippen molar-refractivity contribution in [3.8, 4) is 5.75 Å². The van der Waals surface area contributed by atoms with Crippen LogP contribution in [0.5, 0.6) is 5.75 Å². The smallest absolute Gasteiger partial charge is 0.118 e. The van der Waals surface area contributed by atoms with Crippen LogP contribution in [0.1, 0.15) is 25.8 Å². The topological polar surface area (TPSA) is 33.7 Å². The van der Waals surface area contributed by atoms with Gasteiger partial charge in [0.2, 0.25) is 0 Å². The number of ether oxygens (including phenoxy) is 2. The third kappa shape index (κ3) is 8.71. The van der Waals surface area contributed by atoms with Crippen LogP contribution in [0.2, 0.25) is 0 Å². The van der Waals surface area contributed by atoms with Crippen molar-refractivity contribution in [2.75, 3.05) is 40.4 Å². The fourth-order valence-electron chi connectivity index (χ4n) is 2.03. The Balaban J connectivity index is 2.06. The average Bonchev–Trinajstić information content (AvgIpc) is 2.46. The van der Waals surface area contributed by atoms with E-state index in [1.807, 2.05) is 12.1 Å². The minimum Gasteiger partial charge on any atom is -0.497 e. The second-order valence-corrected chi connectivity index (χ2v) is 5.61. The van der Waals surface area contributed by atoms with Crippen molar-refractivity contribution in [1.29, 1.82) is 0 Å². The lowest BCUT2D eigenvalue weighted by molar-refractivity contribution is 0.0770. The van der Waals surface area contributed by atoms with Crippen molar-refractivity contribution >= 4 is 0 Å². The van der Waals surface area contributed by atoms with Crippen molar-refractivity contribution in [3.05, 3.63) is 29.8 Å². The summed E-state index contributed by atoms with van der Waals surface area (Å²) < 4.78 is 10.7. The van der Waals surface area contributed by atoms with Crippen LogP contribution in [0.4, 0.5) is 0 Å². The molecule has 0 aromatic heterocycles. The highest BCUT2D eigenvalue weighted by molar-refractivity contribution is 5.26. The molecule has 0 atom stereocenters. The molecule has 21 heavy (non-hydrogen) atoms. The standard InChI is InChI=1S/C17H30N2O2/c1-15(2)21-13-5-10-18-11-12-19(3)14-16-6-8-17(20-4)9-7-16/h6-9,15,18H,5,10-14H2,1-4H3. The van der Waals surface area contributed by atoms with E-state index in [1.54, 1.807) is 7.11 Å². The van der Waals surface area contributed by atoms with Gasteiger partial charge in [0.25, 0.3) is 0 Å². The van der Waals surface area contributed by atoms with Gasteiger partial charge in [0.15, 0.2) is 0 Å². The van der Waals surface area contributed by atoms with Crippen molar-refractivity contribution in [3.63, 3.8) is 0 Å². The van der Waals surface area contributed by atoms with Crippen LogP contribution < -0.4 is 10.1 Å². The first-order chi connectivity index (χ1) is 10.1. The molecule has 1 rings (SSSR count). The first-order valence-corrected chi connectivity index (χ1v) is 7.75. The summed E-state index contributed by atoms with van der Waals surface area (Å²) in [5, 5.41) is 3.45. The lowest BCUT2D eigenvalue weighted by atomic mass is 10.2. The van der Waals surface area contributed by atoms with E-state index in [0.717, 1.165) is 45.0 Å². The van der Waals surface area contributed by atoms with Crippen LogP contribution in [-0.4, -0.2) is 51.4 Å². The van der Waals surface area contributed by atoms with E-state index in [-0.39, 0.29) is 0 Å². The fourth-order valence-corrected chi connectivity index (χ4v) is 2.03. The maximum atomic E-state index is 5.51. The summed E-state index contributed by atoms with van der Waals surface area (Å²) in [6, 6.07) is 8.25. The van der Waals surface area contributed by atoms with Gasteiger partial charge in [-0.05, 0) is 51.6 Å². The Morgan fingerprint density at radius 1 is 1.14 bits per heavy atom. The molecular weight excluding hydrogens is 264 g/mol. The predicted octanol–water partition coefficient (Wildman–Crippen LogP) is 2.53. The van der Waals surface area contributed by atoms with Gasteiger partial charge in [0.05, 0.1) is 13.2 Å². The molecule has 4 nitrogen and oxygen atoms in total. The highest BCUT2D eigenvalue weighted by Crippen LogP contribution is 2.12. The van der Waals surface area contributed by atoms with Crippen molar-refractivity contribution in [2.24, 2.45) is 0 Å². The summed E-state index contributed by atoms with van der Waals surface area (Å²) in [6.45, 7) is 9.01. The minimum absolute atomic E-state index is 0.334. The van der Waals surface area contributed by atoms with Crippen LogP contribution in [0.25, 0.3) is 0 Å². The maximum absolute atomic E-state index is 5.51. The lowest BCUT2D eigenvalue weighted by Gasteiger charge is -2.17. The van der Waals surface area contributed by atoms with E-state index in [4.69, 9.17) is 9.47 Å². The molecule has 0 aliphatic carbocycles. The zero-order valence-electron chi connectivity index (χ0n) is 13.9. The molecule has 0 saturated carbocycles. The van der Waals surface area contributed by atoms with Gasteiger partial charge < -0.3 is 19.7 Å². The van der Waals surface area contributed by atoms with Crippen molar-refractivity contribution < 1.29 is 9.47 Å². The Morgan fingerprint density at radius 2 is 1.86 bits per heavy atom. The van der Waals surface area contributed by atoms with Gasteiger partial charge in [-0.2, -0.15) is 0 Å². The molecule has 0 saturated heterocycles. The Kier molecular flexibility index (Phi) is 9.06. The molecule has 1 aromatic rings. The van der Waals surface area contributed by atoms with Gasteiger partial charge in [-0.1, -0.05) is 12.1 Å². The zero-order valence-corrected chi connectivity index (χ0v) is 13.9. The molecule has 0 amide bonds. The number of nitrogens with zero attached hydrogens (tertiary/aromatic N) is 1. The van der Waals surface area contributed by atoms with Crippen LogP contribution in [0.3, 0.4) is 0 Å². The second-order valence-electron chi connectivity index (χ2n) is 5.61. The fraction of sp³-hybridized carbons (Fsp3) is 0.647.